The van der Waals surface area contributed by atoms with Gasteiger partial charge < -0.3 is 19.4 Å². The molecule has 35 heavy (non-hydrogen) atoms. The van der Waals surface area contributed by atoms with Gasteiger partial charge in [-0.25, -0.2) is 0 Å². The quantitative estimate of drug-likeness (QED) is 0.598. The first-order valence-electron chi connectivity index (χ1n) is 12.0. The number of hydrogen-bond donors (Lipinski definition) is 1. The average Bonchev–Trinajstić information content (AvgIpc) is 3.54. The smallest absolute Gasteiger partial charge is 0.416 e. The molecule has 2 aromatic rings. The van der Waals surface area contributed by atoms with E-state index in [1.165, 1.54) is 17.4 Å². The molecule has 0 aliphatic carbocycles. The second kappa shape index (κ2) is 10.4. The lowest BCUT2D eigenvalue weighted by Gasteiger charge is -2.15. The van der Waals surface area contributed by atoms with Crippen molar-refractivity contribution in [1.29, 1.82) is 0 Å². The van der Waals surface area contributed by atoms with Crippen molar-refractivity contribution < 1.29 is 27.4 Å². The molecule has 0 radical (unpaired) electrons. The zero-order chi connectivity index (χ0) is 25.2. The fraction of sp³-hybridized carbons (Fsp3) is 0.600. The Balaban J connectivity index is 1.69. The van der Waals surface area contributed by atoms with E-state index in [0.717, 1.165) is 49.2 Å². The lowest BCUT2D eigenvalue weighted by atomic mass is 9.95. The molecule has 2 atom stereocenters. The Labute approximate surface area is 207 Å². The van der Waals surface area contributed by atoms with E-state index < -0.39 is 17.6 Å². The number of carbonyl (C=O) groups excluding carboxylic acids is 1. The summed E-state index contributed by atoms with van der Waals surface area (Å²) in [5.74, 6) is -0.646. The van der Waals surface area contributed by atoms with Gasteiger partial charge in [-0.05, 0) is 55.8 Å². The van der Waals surface area contributed by atoms with Crippen molar-refractivity contribution >= 4 is 17.2 Å². The Morgan fingerprint density at radius 2 is 2.06 bits per heavy atom. The highest BCUT2D eigenvalue weighted by Gasteiger charge is 2.32. The van der Waals surface area contributed by atoms with Gasteiger partial charge in [0.15, 0.2) is 4.80 Å². The summed E-state index contributed by atoms with van der Waals surface area (Å²) in [4.78, 5) is 19.0. The average molecular weight is 512 g/mol. The number of rotatable bonds is 6. The van der Waals surface area contributed by atoms with Crippen LogP contribution in [0.1, 0.15) is 67.3 Å². The number of nitrogens with zero attached hydrogens (tertiary/aromatic N) is 2. The third kappa shape index (κ3) is 6.54. The third-order valence-electron chi connectivity index (χ3n) is 6.22. The predicted molar refractivity (Wildman–Crippen MR) is 128 cm³/mol. The molecular weight excluding hydrogens is 479 g/mol. The fourth-order valence-corrected chi connectivity index (χ4v) is 5.24. The van der Waals surface area contributed by atoms with Crippen molar-refractivity contribution in [3.63, 3.8) is 0 Å². The first-order valence-corrected chi connectivity index (χ1v) is 12.8. The molecule has 2 fully saturated rings. The summed E-state index contributed by atoms with van der Waals surface area (Å²) < 4.78 is 53.8. The Hall–Kier alpha value is -2.17. The lowest BCUT2D eigenvalue weighted by Crippen LogP contribution is -2.28. The van der Waals surface area contributed by atoms with Crippen LogP contribution >= 0.6 is 11.3 Å². The van der Waals surface area contributed by atoms with Gasteiger partial charge >= 0.3 is 6.18 Å². The van der Waals surface area contributed by atoms with Crippen molar-refractivity contribution in [3.8, 4) is 5.75 Å². The number of thiazole rings is 1. The normalized spacial score (nSPS) is 21.6. The van der Waals surface area contributed by atoms with Crippen molar-refractivity contribution in [3.05, 3.63) is 45.2 Å². The summed E-state index contributed by atoms with van der Waals surface area (Å²) in [7, 11) is 0. The molecule has 2 aliphatic rings. The molecule has 1 aromatic carbocycles. The van der Waals surface area contributed by atoms with E-state index in [2.05, 4.69) is 31.1 Å². The number of alkyl halides is 3. The predicted octanol–water partition coefficient (Wildman–Crippen LogP) is 4.92. The maximum atomic E-state index is 13.4. The minimum atomic E-state index is -4.58. The van der Waals surface area contributed by atoms with Crippen molar-refractivity contribution in [2.75, 3.05) is 19.8 Å². The second-order valence-corrected chi connectivity index (χ2v) is 11.2. The van der Waals surface area contributed by atoms with Crippen molar-refractivity contribution in [2.24, 2.45) is 4.99 Å². The molecule has 3 heterocycles. The first kappa shape index (κ1) is 25.9. The number of carbonyl (C=O) groups is 1. The maximum absolute atomic E-state index is 13.4. The summed E-state index contributed by atoms with van der Waals surface area (Å²) in [5, 5.41) is 3.28. The van der Waals surface area contributed by atoms with Crippen LogP contribution in [0.3, 0.4) is 0 Å². The summed E-state index contributed by atoms with van der Waals surface area (Å²) in [6.45, 7) is 8.59. The van der Waals surface area contributed by atoms with E-state index in [-0.39, 0.29) is 35.5 Å². The van der Waals surface area contributed by atoms with Crippen LogP contribution < -0.4 is 14.9 Å². The minimum absolute atomic E-state index is 0.0258. The van der Waals surface area contributed by atoms with Crippen LogP contribution in [-0.4, -0.2) is 42.4 Å². The van der Waals surface area contributed by atoms with Gasteiger partial charge in [0.25, 0.3) is 5.91 Å². The molecule has 10 heteroatoms. The van der Waals surface area contributed by atoms with E-state index in [4.69, 9.17) is 9.47 Å². The summed E-state index contributed by atoms with van der Waals surface area (Å²) in [6, 6.07) is 3.11. The SMILES string of the molecule is CC(C)(C)c1cn(C[C@H]2CCCO2)c(=NC(=O)c2cc(C(F)(F)F)ccc2OC[C@H]2CCCN2)s1. The minimum Gasteiger partial charge on any atom is -0.491 e. The van der Waals surface area contributed by atoms with Gasteiger partial charge in [0.1, 0.15) is 12.4 Å². The molecule has 0 saturated carbocycles. The van der Waals surface area contributed by atoms with E-state index in [0.29, 0.717) is 18.0 Å². The lowest BCUT2D eigenvalue weighted by molar-refractivity contribution is -0.137. The highest BCUT2D eigenvalue weighted by molar-refractivity contribution is 7.09. The largest absolute Gasteiger partial charge is 0.491 e. The first-order chi connectivity index (χ1) is 16.5. The Bertz CT molecular complexity index is 1110. The van der Waals surface area contributed by atoms with Crippen LogP contribution in [0.25, 0.3) is 0 Å². The number of halogens is 3. The molecule has 2 saturated heterocycles. The van der Waals surface area contributed by atoms with Gasteiger partial charge in [-0.15, -0.1) is 11.3 Å². The molecule has 6 nitrogen and oxygen atoms in total. The molecule has 4 rings (SSSR count). The van der Waals surface area contributed by atoms with Gasteiger partial charge in [-0.1, -0.05) is 20.8 Å². The Kier molecular flexibility index (Phi) is 7.73. The standard InChI is InChI=1S/C25H32F3N3O3S/c1-24(2,3)21-14-31(13-18-7-5-11-33-18)23(35-21)30-22(32)19-12-16(25(26,27)28)8-9-20(19)34-15-17-6-4-10-29-17/h8-9,12,14,17-18,29H,4-7,10-11,13,15H2,1-3H3/t17-,18-/m1/s1. The van der Waals surface area contributed by atoms with Gasteiger partial charge in [0.2, 0.25) is 0 Å². The molecule has 1 amide bonds. The molecule has 0 spiro atoms. The maximum Gasteiger partial charge on any atom is 0.416 e. The number of aromatic nitrogens is 1. The molecule has 192 valence electrons. The van der Waals surface area contributed by atoms with Crippen LogP contribution in [0.5, 0.6) is 5.75 Å². The number of amides is 1. The topological polar surface area (TPSA) is 64.9 Å². The van der Waals surface area contributed by atoms with Gasteiger partial charge in [0, 0.05) is 23.7 Å². The number of hydrogen-bond acceptors (Lipinski definition) is 5. The fourth-order valence-electron chi connectivity index (χ4n) is 4.19. The zero-order valence-corrected chi connectivity index (χ0v) is 21.1. The second-order valence-electron chi connectivity index (χ2n) is 10.1. The number of benzene rings is 1. The molecule has 0 bridgehead atoms. The number of ether oxygens (including phenoxy) is 2. The summed E-state index contributed by atoms with van der Waals surface area (Å²) in [6.07, 6.45) is 1.24. The van der Waals surface area contributed by atoms with E-state index in [1.807, 2.05) is 10.8 Å². The van der Waals surface area contributed by atoms with E-state index in [9.17, 15) is 18.0 Å². The highest BCUT2D eigenvalue weighted by atomic mass is 32.1. The van der Waals surface area contributed by atoms with Gasteiger partial charge in [0.05, 0.1) is 23.8 Å². The van der Waals surface area contributed by atoms with Crippen LogP contribution in [0.2, 0.25) is 0 Å². The molecule has 2 aliphatic heterocycles. The van der Waals surface area contributed by atoms with Gasteiger partial charge in [-0.3, -0.25) is 4.79 Å². The molecule has 1 N–H and O–H groups in total. The zero-order valence-electron chi connectivity index (χ0n) is 20.3. The van der Waals surface area contributed by atoms with Gasteiger partial charge in [-0.2, -0.15) is 18.2 Å². The third-order valence-corrected chi connectivity index (χ3v) is 7.67. The monoisotopic (exact) mass is 511 g/mol. The molecule has 0 unspecified atom stereocenters. The van der Waals surface area contributed by atoms with E-state index >= 15 is 0 Å². The van der Waals surface area contributed by atoms with Crippen LogP contribution in [0, 0.1) is 0 Å². The Morgan fingerprint density at radius 3 is 2.69 bits per heavy atom. The molecular formula is C25H32F3N3O3S. The van der Waals surface area contributed by atoms with Crippen molar-refractivity contribution in [2.45, 2.75) is 76.7 Å². The summed E-state index contributed by atoms with van der Waals surface area (Å²) in [5.41, 5.74) is -1.26. The highest BCUT2D eigenvalue weighted by Crippen LogP contribution is 2.33. The van der Waals surface area contributed by atoms with Crippen LogP contribution in [0.4, 0.5) is 13.2 Å². The van der Waals surface area contributed by atoms with Crippen LogP contribution in [-0.2, 0) is 22.9 Å². The Morgan fingerprint density at radius 1 is 1.26 bits per heavy atom. The summed E-state index contributed by atoms with van der Waals surface area (Å²) >= 11 is 1.37. The van der Waals surface area contributed by atoms with E-state index in [1.54, 1.807) is 0 Å². The van der Waals surface area contributed by atoms with Crippen molar-refractivity contribution in [1.82, 2.24) is 9.88 Å². The van der Waals surface area contributed by atoms with Crippen LogP contribution in [0.15, 0.2) is 29.4 Å². The molecule has 1 aromatic heterocycles. The number of nitrogens with one attached hydrogen (secondary N) is 1.